The minimum atomic E-state index is -3.78. The first-order valence-electron chi connectivity index (χ1n) is 6.22. The Balaban J connectivity index is 3.18. The number of anilines is 1. The molecule has 7 nitrogen and oxygen atoms in total. The maximum absolute atomic E-state index is 12.6. The molecule has 8 heteroatoms. The van der Waals surface area contributed by atoms with Gasteiger partial charge in [0.25, 0.3) is 10.0 Å². The quantitative estimate of drug-likeness (QED) is 0.572. The summed E-state index contributed by atoms with van der Waals surface area (Å²) < 4.78 is 26.5. The second kappa shape index (κ2) is 7.19. The van der Waals surface area contributed by atoms with Crippen LogP contribution in [0.1, 0.15) is 20.3 Å². The third-order valence-electron chi connectivity index (χ3n) is 2.55. The number of sulfonamides is 1. The van der Waals surface area contributed by atoms with Crippen LogP contribution >= 0.6 is 0 Å². The standard InChI is InChI=1S/C12H19N5O2S/c1-10(2)9-17(8-4-6-13)20(18,19)12-11(16-14)5-3-7-15-12/h3,5,7,10,16H,4,8-9,14H2,1-2H3. The number of hydrogen-bond donors (Lipinski definition) is 2. The molecule has 0 unspecified atom stereocenters. The highest BCUT2D eigenvalue weighted by Gasteiger charge is 2.28. The highest BCUT2D eigenvalue weighted by molar-refractivity contribution is 7.89. The topological polar surface area (TPSA) is 112 Å². The fourth-order valence-corrected chi connectivity index (χ4v) is 3.39. The van der Waals surface area contributed by atoms with Crippen LogP contribution in [0.4, 0.5) is 5.69 Å². The number of hydrazine groups is 1. The van der Waals surface area contributed by atoms with E-state index in [0.29, 0.717) is 6.54 Å². The molecular formula is C12H19N5O2S. The van der Waals surface area contributed by atoms with Gasteiger partial charge < -0.3 is 5.43 Å². The van der Waals surface area contributed by atoms with E-state index in [-0.39, 0.29) is 29.6 Å². The van der Waals surface area contributed by atoms with Gasteiger partial charge in [-0.05, 0) is 18.1 Å². The van der Waals surface area contributed by atoms with Gasteiger partial charge in [0.05, 0.1) is 11.8 Å². The Morgan fingerprint density at radius 3 is 2.80 bits per heavy atom. The van der Waals surface area contributed by atoms with Crippen molar-refractivity contribution in [2.75, 3.05) is 18.5 Å². The summed E-state index contributed by atoms with van der Waals surface area (Å²) in [5, 5.41) is 8.54. The smallest absolute Gasteiger partial charge is 0.262 e. The second-order valence-electron chi connectivity index (χ2n) is 4.67. The number of nitrogens with zero attached hydrogens (tertiary/aromatic N) is 3. The summed E-state index contributed by atoms with van der Waals surface area (Å²) in [6.07, 6.45) is 1.52. The molecular weight excluding hydrogens is 278 g/mol. The van der Waals surface area contributed by atoms with Crippen LogP contribution in [0.5, 0.6) is 0 Å². The number of aromatic nitrogens is 1. The number of pyridine rings is 1. The molecule has 1 aromatic rings. The highest BCUT2D eigenvalue weighted by atomic mass is 32.2. The van der Waals surface area contributed by atoms with E-state index in [9.17, 15) is 8.42 Å². The molecule has 20 heavy (non-hydrogen) atoms. The van der Waals surface area contributed by atoms with Crippen molar-refractivity contribution in [3.8, 4) is 6.07 Å². The average molecular weight is 297 g/mol. The molecule has 0 aliphatic carbocycles. The number of nitrogens with two attached hydrogens (primary N) is 1. The zero-order valence-corrected chi connectivity index (χ0v) is 12.4. The maximum atomic E-state index is 12.6. The summed E-state index contributed by atoms with van der Waals surface area (Å²) in [5.74, 6) is 5.46. The van der Waals surface area contributed by atoms with Gasteiger partial charge in [-0.1, -0.05) is 13.8 Å². The fraction of sp³-hybridized carbons (Fsp3) is 0.500. The van der Waals surface area contributed by atoms with E-state index in [1.807, 2.05) is 19.9 Å². The summed E-state index contributed by atoms with van der Waals surface area (Å²) >= 11 is 0. The molecule has 0 saturated carbocycles. The number of hydrogen-bond acceptors (Lipinski definition) is 6. The summed E-state index contributed by atoms with van der Waals surface area (Å²) in [6.45, 7) is 4.28. The van der Waals surface area contributed by atoms with E-state index >= 15 is 0 Å². The van der Waals surface area contributed by atoms with Crippen LogP contribution in [0.25, 0.3) is 0 Å². The lowest BCUT2D eigenvalue weighted by Crippen LogP contribution is -2.36. The van der Waals surface area contributed by atoms with Gasteiger partial charge in [0.1, 0.15) is 0 Å². The predicted molar refractivity (Wildman–Crippen MR) is 75.9 cm³/mol. The van der Waals surface area contributed by atoms with E-state index in [2.05, 4.69) is 10.4 Å². The molecule has 3 N–H and O–H groups in total. The Bertz CT molecular complexity index is 580. The summed E-state index contributed by atoms with van der Waals surface area (Å²) in [5.41, 5.74) is 2.57. The lowest BCUT2D eigenvalue weighted by Gasteiger charge is -2.23. The molecule has 1 rings (SSSR count). The van der Waals surface area contributed by atoms with Crippen molar-refractivity contribution in [1.82, 2.24) is 9.29 Å². The normalized spacial score (nSPS) is 11.6. The van der Waals surface area contributed by atoms with Gasteiger partial charge in [0.15, 0.2) is 5.03 Å². The van der Waals surface area contributed by atoms with Gasteiger partial charge in [-0.15, -0.1) is 0 Å². The Morgan fingerprint density at radius 2 is 2.25 bits per heavy atom. The molecule has 0 bridgehead atoms. The molecule has 0 atom stereocenters. The molecule has 110 valence electrons. The Kier molecular flexibility index (Phi) is 5.88. The molecule has 0 spiro atoms. The number of nitrogen functional groups attached to an aromatic ring is 1. The van der Waals surface area contributed by atoms with Crippen molar-refractivity contribution in [2.24, 2.45) is 11.8 Å². The Labute approximate surface area is 119 Å². The Morgan fingerprint density at radius 1 is 1.55 bits per heavy atom. The fourth-order valence-electron chi connectivity index (χ4n) is 1.72. The number of rotatable bonds is 7. The lowest BCUT2D eigenvalue weighted by molar-refractivity contribution is 0.371. The van der Waals surface area contributed by atoms with Crippen molar-refractivity contribution >= 4 is 15.7 Å². The van der Waals surface area contributed by atoms with Crippen LogP contribution in [0.3, 0.4) is 0 Å². The second-order valence-corrected chi connectivity index (χ2v) is 6.52. The van der Waals surface area contributed by atoms with Crippen LogP contribution in [0.15, 0.2) is 23.4 Å². The van der Waals surface area contributed by atoms with Gasteiger partial charge >= 0.3 is 0 Å². The maximum Gasteiger partial charge on any atom is 0.262 e. The third kappa shape index (κ3) is 3.90. The first-order chi connectivity index (χ1) is 9.43. The zero-order valence-electron chi connectivity index (χ0n) is 11.6. The van der Waals surface area contributed by atoms with Gasteiger partial charge in [-0.2, -0.15) is 9.57 Å². The molecule has 0 aromatic carbocycles. The largest absolute Gasteiger partial charge is 0.321 e. The SMILES string of the molecule is CC(C)CN(CCC#N)S(=O)(=O)c1ncccc1NN. The van der Waals surface area contributed by atoms with Gasteiger partial charge in [-0.25, -0.2) is 13.4 Å². The van der Waals surface area contributed by atoms with Crippen LogP contribution in [0.2, 0.25) is 0 Å². The van der Waals surface area contributed by atoms with Crippen molar-refractivity contribution in [3.05, 3.63) is 18.3 Å². The highest BCUT2D eigenvalue weighted by Crippen LogP contribution is 2.22. The van der Waals surface area contributed by atoms with Crippen molar-refractivity contribution in [2.45, 2.75) is 25.3 Å². The Hall–Kier alpha value is -1.69. The lowest BCUT2D eigenvalue weighted by atomic mass is 10.2. The molecule has 0 radical (unpaired) electrons. The molecule has 1 aromatic heterocycles. The minimum absolute atomic E-state index is 0.124. The van der Waals surface area contributed by atoms with Crippen LogP contribution in [-0.4, -0.2) is 30.8 Å². The van der Waals surface area contributed by atoms with Gasteiger partial charge in [0, 0.05) is 25.7 Å². The number of nitriles is 1. The predicted octanol–water partition coefficient (Wildman–Crippen LogP) is 0.928. The van der Waals surface area contributed by atoms with Crippen LogP contribution < -0.4 is 11.3 Å². The van der Waals surface area contributed by atoms with E-state index in [0.717, 1.165) is 0 Å². The van der Waals surface area contributed by atoms with Crippen molar-refractivity contribution in [1.29, 1.82) is 5.26 Å². The van der Waals surface area contributed by atoms with E-state index < -0.39 is 10.0 Å². The summed E-state index contributed by atoms with van der Waals surface area (Å²) in [6, 6.07) is 5.09. The van der Waals surface area contributed by atoms with E-state index in [1.54, 1.807) is 6.07 Å². The van der Waals surface area contributed by atoms with Crippen molar-refractivity contribution < 1.29 is 8.42 Å². The van der Waals surface area contributed by atoms with E-state index in [4.69, 9.17) is 11.1 Å². The molecule has 0 saturated heterocycles. The molecule has 0 aliphatic heterocycles. The first-order valence-corrected chi connectivity index (χ1v) is 7.66. The van der Waals surface area contributed by atoms with Gasteiger partial charge in [0.2, 0.25) is 0 Å². The van der Waals surface area contributed by atoms with E-state index in [1.165, 1.54) is 16.6 Å². The first kappa shape index (κ1) is 16.4. The van der Waals surface area contributed by atoms with Crippen LogP contribution in [0, 0.1) is 17.2 Å². The monoisotopic (exact) mass is 297 g/mol. The summed E-state index contributed by atoms with van der Waals surface area (Å²) in [4.78, 5) is 3.90. The summed E-state index contributed by atoms with van der Waals surface area (Å²) in [7, 11) is -3.78. The molecule has 0 aliphatic rings. The number of nitrogens with one attached hydrogen (secondary N) is 1. The zero-order chi connectivity index (χ0) is 15.2. The molecule has 0 fully saturated rings. The van der Waals surface area contributed by atoms with Gasteiger partial charge in [-0.3, -0.25) is 5.84 Å². The molecule has 1 heterocycles. The third-order valence-corrected chi connectivity index (χ3v) is 4.38. The van der Waals surface area contributed by atoms with Crippen molar-refractivity contribution in [3.63, 3.8) is 0 Å². The molecule has 0 amide bonds. The minimum Gasteiger partial charge on any atom is -0.321 e. The van der Waals surface area contributed by atoms with Crippen LogP contribution in [-0.2, 0) is 10.0 Å². The average Bonchev–Trinajstić information content (AvgIpc) is 2.42.